The molecule has 4 rings (SSSR count). The van der Waals surface area contributed by atoms with Crippen LogP contribution in [0.25, 0.3) is 0 Å². The molecule has 0 unspecified atom stereocenters. The summed E-state index contributed by atoms with van der Waals surface area (Å²) in [5.74, 6) is -2.71. The molecule has 3 aliphatic rings. The largest absolute Gasteiger partial charge is 0.454 e. The van der Waals surface area contributed by atoms with E-state index in [4.69, 9.17) is 4.74 Å². The van der Waals surface area contributed by atoms with Crippen LogP contribution in [0.2, 0.25) is 0 Å². The number of Topliss-reactive ketones (excluding diaryl/α,β-unsaturated/α-hetero) is 1. The van der Waals surface area contributed by atoms with Gasteiger partial charge in [0.15, 0.2) is 12.4 Å². The maximum Gasteiger partial charge on any atom is 0.326 e. The van der Waals surface area contributed by atoms with Crippen LogP contribution in [0.1, 0.15) is 23.7 Å². The van der Waals surface area contributed by atoms with E-state index in [0.717, 1.165) is 11.3 Å². The molecule has 1 N–H and O–H groups in total. The van der Waals surface area contributed by atoms with Crippen molar-refractivity contribution in [2.24, 2.45) is 23.7 Å². The second kappa shape index (κ2) is 7.27. The summed E-state index contributed by atoms with van der Waals surface area (Å²) < 4.78 is 4.92. The van der Waals surface area contributed by atoms with E-state index in [1.807, 2.05) is 12.2 Å². The number of hydrogen-bond donors (Lipinski definition) is 1. The van der Waals surface area contributed by atoms with Gasteiger partial charge in [0.1, 0.15) is 6.54 Å². The van der Waals surface area contributed by atoms with Crippen molar-refractivity contribution in [3.8, 4) is 0 Å². The molecule has 150 valence electrons. The minimum absolute atomic E-state index is 0.0719. The molecular weight excluding hydrogens is 376 g/mol. The number of benzene rings is 1. The zero-order valence-corrected chi connectivity index (χ0v) is 15.8. The number of hydrogen-bond acceptors (Lipinski definition) is 6. The lowest BCUT2D eigenvalue weighted by Gasteiger charge is -2.16. The Morgan fingerprint density at radius 2 is 1.62 bits per heavy atom. The second-order valence-electron chi connectivity index (χ2n) is 7.60. The van der Waals surface area contributed by atoms with Crippen molar-refractivity contribution in [1.82, 2.24) is 4.90 Å². The van der Waals surface area contributed by atoms with Gasteiger partial charge in [-0.2, -0.15) is 0 Å². The number of ether oxygens (including phenoxy) is 1. The number of carbonyl (C=O) groups is 5. The number of allylic oxidation sites excluding steroid dienone is 2. The summed E-state index contributed by atoms with van der Waals surface area (Å²) in [6, 6.07) is 6.29. The number of rotatable bonds is 6. The van der Waals surface area contributed by atoms with E-state index in [9.17, 15) is 24.0 Å². The zero-order valence-electron chi connectivity index (χ0n) is 15.8. The van der Waals surface area contributed by atoms with Crippen molar-refractivity contribution in [1.29, 1.82) is 0 Å². The van der Waals surface area contributed by atoms with Crippen LogP contribution in [-0.4, -0.2) is 47.5 Å². The normalized spacial score (nSPS) is 26.6. The molecule has 4 atom stereocenters. The molecule has 1 heterocycles. The molecule has 2 bridgehead atoms. The standard InChI is InChI=1S/C21H20N2O6/c1-11(24)12-4-6-15(7-5-12)22-16(25)10-29-17(26)9-23-20(27)18-13-2-3-14(8-13)19(18)21(23)28/h2-7,13-14,18-19H,8-10H2,1H3,(H,22,25)/t13-,14-,18-,19-/m0/s1. The molecule has 8 heteroatoms. The Balaban J connectivity index is 1.27. The van der Waals surface area contributed by atoms with Crippen LogP contribution >= 0.6 is 0 Å². The molecule has 1 aromatic rings. The number of carbonyl (C=O) groups excluding carboxylic acids is 5. The highest BCUT2D eigenvalue weighted by atomic mass is 16.5. The summed E-state index contributed by atoms with van der Waals surface area (Å²) in [4.78, 5) is 61.3. The number of imide groups is 1. The third-order valence-corrected chi connectivity index (χ3v) is 5.79. The number of amides is 3. The monoisotopic (exact) mass is 396 g/mol. The number of anilines is 1. The average molecular weight is 396 g/mol. The van der Waals surface area contributed by atoms with Crippen LogP contribution in [0, 0.1) is 23.7 Å². The van der Waals surface area contributed by atoms with Crippen LogP contribution in [-0.2, 0) is 23.9 Å². The minimum atomic E-state index is -0.811. The Morgan fingerprint density at radius 1 is 1.03 bits per heavy atom. The molecule has 0 spiro atoms. The average Bonchev–Trinajstić information content (AvgIpc) is 3.37. The number of nitrogens with one attached hydrogen (secondary N) is 1. The summed E-state index contributed by atoms with van der Waals surface area (Å²) in [7, 11) is 0. The highest BCUT2D eigenvalue weighted by Crippen LogP contribution is 2.52. The fourth-order valence-electron chi connectivity index (χ4n) is 4.43. The first kappa shape index (κ1) is 19.0. The maximum atomic E-state index is 12.5. The van der Waals surface area contributed by atoms with Crippen molar-refractivity contribution in [3.05, 3.63) is 42.0 Å². The van der Waals surface area contributed by atoms with Gasteiger partial charge < -0.3 is 10.1 Å². The topological polar surface area (TPSA) is 110 Å². The molecule has 2 aliphatic carbocycles. The Morgan fingerprint density at radius 3 is 2.17 bits per heavy atom. The Hall–Kier alpha value is -3.29. The Bertz CT molecular complexity index is 905. The first-order valence-electron chi connectivity index (χ1n) is 9.45. The predicted molar refractivity (Wildman–Crippen MR) is 100 cm³/mol. The lowest BCUT2D eigenvalue weighted by atomic mass is 9.85. The summed E-state index contributed by atoms with van der Waals surface area (Å²) in [5, 5.41) is 2.54. The van der Waals surface area contributed by atoms with Crippen molar-refractivity contribution in [2.75, 3.05) is 18.5 Å². The molecule has 1 aromatic carbocycles. The molecule has 8 nitrogen and oxygen atoms in total. The van der Waals surface area contributed by atoms with Crippen LogP contribution in [0.5, 0.6) is 0 Å². The van der Waals surface area contributed by atoms with E-state index >= 15 is 0 Å². The van der Waals surface area contributed by atoms with Gasteiger partial charge in [0.05, 0.1) is 11.8 Å². The molecule has 3 amide bonds. The lowest BCUT2D eigenvalue weighted by Crippen LogP contribution is -2.38. The number of fused-ring (bicyclic) bond motifs is 5. The first-order chi connectivity index (χ1) is 13.8. The van der Waals surface area contributed by atoms with Crippen molar-refractivity contribution in [2.45, 2.75) is 13.3 Å². The van der Waals surface area contributed by atoms with Crippen LogP contribution < -0.4 is 5.32 Å². The summed E-state index contributed by atoms with van der Waals surface area (Å²) in [6.07, 6.45) is 4.77. The minimum Gasteiger partial charge on any atom is -0.454 e. The van der Waals surface area contributed by atoms with Crippen LogP contribution in [0.4, 0.5) is 5.69 Å². The molecule has 0 radical (unpaired) electrons. The van der Waals surface area contributed by atoms with E-state index < -0.39 is 25.0 Å². The Kier molecular flexibility index (Phi) is 4.77. The summed E-state index contributed by atoms with van der Waals surface area (Å²) >= 11 is 0. The van der Waals surface area contributed by atoms with Crippen LogP contribution in [0.15, 0.2) is 36.4 Å². The van der Waals surface area contributed by atoms with Crippen molar-refractivity contribution >= 4 is 35.2 Å². The SMILES string of the molecule is CC(=O)c1ccc(NC(=O)COC(=O)CN2C(=O)[C@@H]3[C@@H](C2=O)[C@H]2C=C[C@H]3C2)cc1. The summed E-state index contributed by atoms with van der Waals surface area (Å²) in [6.45, 7) is 0.422. The second-order valence-corrected chi connectivity index (χ2v) is 7.60. The third kappa shape index (κ3) is 3.46. The zero-order chi connectivity index (χ0) is 20.7. The number of ketones is 1. The van der Waals surface area contributed by atoms with Crippen molar-refractivity contribution < 1.29 is 28.7 Å². The van der Waals surface area contributed by atoms with E-state index in [-0.39, 0.29) is 41.3 Å². The highest BCUT2D eigenvalue weighted by Gasteiger charge is 2.59. The van der Waals surface area contributed by atoms with Gasteiger partial charge in [-0.3, -0.25) is 28.9 Å². The van der Waals surface area contributed by atoms with Gasteiger partial charge in [0.25, 0.3) is 5.91 Å². The van der Waals surface area contributed by atoms with Gasteiger partial charge in [-0.15, -0.1) is 0 Å². The molecule has 1 saturated carbocycles. The van der Waals surface area contributed by atoms with E-state index in [0.29, 0.717) is 11.3 Å². The molecule has 29 heavy (non-hydrogen) atoms. The quantitative estimate of drug-likeness (QED) is 0.335. The molecule has 2 fully saturated rings. The molecule has 1 saturated heterocycles. The van der Waals surface area contributed by atoms with E-state index in [2.05, 4.69) is 5.32 Å². The Labute approximate surface area is 166 Å². The fourth-order valence-corrected chi connectivity index (χ4v) is 4.43. The molecular formula is C21H20N2O6. The fraction of sp³-hybridized carbons (Fsp3) is 0.381. The van der Waals surface area contributed by atoms with Gasteiger partial charge in [-0.1, -0.05) is 12.2 Å². The smallest absolute Gasteiger partial charge is 0.326 e. The molecule has 0 aromatic heterocycles. The van der Waals surface area contributed by atoms with Gasteiger partial charge in [0.2, 0.25) is 11.8 Å². The van der Waals surface area contributed by atoms with E-state index in [1.165, 1.54) is 6.92 Å². The van der Waals surface area contributed by atoms with Gasteiger partial charge in [-0.05, 0) is 49.4 Å². The third-order valence-electron chi connectivity index (χ3n) is 5.79. The van der Waals surface area contributed by atoms with E-state index in [1.54, 1.807) is 24.3 Å². The van der Waals surface area contributed by atoms with Crippen LogP contribution in [0.3, 0.4) is 0 Å². The summed E-state index contributed by atoms with van der Waals surface area (Å²) in [5.41, 5.74) is 0.972. The predicted octanol–water partition coefficient (Wildman–Crippen LogP) is 1.18. The first-order valence-corrected chi connectivity index (χ1v) is 9.45. The van der Waals surface area contributed by atoms with Gasteiger partial charge >= 0.3 is 5.97 Å². The highest BCUT2D eigenvalue weighted by molar-refractivity contribution is 6.08. The molecule has 1 aliphatic heterocycles. The number of likely N-dealkylation sites (tertiary alicyclic amines) is 1. The lowest BCUT2D eigenvalue weighted by molar-refractivity contribution is -0.154. The van der Waals surface area contributed by atoms with Crippen molar-refractivity contribution in [3.63, 3.8) is 0 Å². The maximum absolute atomic E-state index is 12.5. The van der Waals surface area contributed by atoms with Gasteiger partial charge in [0, 0.05) is 11.3 Å². The number of esters is 1. The number of nitrogens with zero attached hydrogens (tertiary/aromatic N) is 1. The van der Waals surface area contributed by atoms with Gasteiger partial charge in [-0.25, -0.2) is 0 Å².